The number of hydrogen-bond acceptors (Lipinski definition) is 4. The minimum absolute atomic E-state index is 0.210. The normalized spacial score (nSPS) is 46.8. The number of fused-ring (bicyclic) bond motifs is 1. The first-order chi connectivity index (χ1) is 5.63. The quantitative estimate of drug-likeness (QED) is 0.464. The van der Waals surface area contributed by atoms with E-state index in [1.165, 1.54) is 0 Å². The molecule has 0 aliphatic carbocycles. The fourth-order valence-corrected chi connectivity index (χ4v) is 1.82. The number of epoxide rings is 1. The molecule has 0 amide bonds. The molecule has 12 heavy (non-hydrogen) atoms. The second-order valence-corrected chi connectivity index (χ2v) is 3.37. The van der Waals surface area contributed by atoms with Gasteiger partial charge in [0, 0.05) is 0 Å². The summed E-state index contributed by atoms with van der Waals surface area (Å²) in [6.45, 7) is 3.59. The number of rotatable bonds is 2. The molecule has 0 bridgehead atoms. The van der Waals surface area contributed by atoms with Crippen LogP contribution in [0.15, 0.2) is 0 Å². The van der Waals surface area contributed by atoms with Crippen LogP contribution in [0.1, 0.15) is 20.3 Å². The molecule has 4 heteroatoms. The Kier molecular flexibility index (Phi) is 1.47. The summed E-state index contributed by atoms with van der Waals surface area (Å²) in [6, 6.07) is 0. The Morgan fingerprint density at radius 1 is 1.75 bits per heavy atom. The fraction of sp³-hybridized carbons (Fsp3) is 0.875. The third-order valence-corrected chi connectivity index (χ3v) is 2.61. The maximum atomic E-state index is 11.2. The van der Waals surface area contributed by atoms with Gasteiger partial charge in [0.2, 0.25) is 5.60 Å². The predicted octanol–water partition coefficient (Wildman–Crippen LogP) is -0.160. The topological polar surface area (TPSA) is 59.1 Å². The van der Waals surface area contributed by atoms with Crippen molar-refractivity contribution in [2.24, 2.45) is 0 Å². The summed E-state index contributed by atoms with van der Waals surface area (Å²) >= 11 is 0. The van der Waals surface area contributed by atoms with Gasteiger partial charge < -0.3 is 14.6 Å². The molecule has 4 nitrogen and oxygen atoms in total. The minimum atomic E-state index is -1.01. The zero-order valence-electron chi connectivity index (χ0n) is 7.11. The van der Waals surface area contributed by atoms with E-state index in [2.05, 4.69) is 0 Å². The second kappa shape index (κ2) is 2.20. The molecule has 2 saturated heterocycles. The number of ether oxygens (including phenoxy) is 2. The van der Waals surface area contributed by atoms with Crippen molar-refractivity contribution in [1.82, 2.24) is 0 Å². The first-order valence-corrected chi connectivity index (χ1v) is 4.20. The van der Waals surface area contributed by atoms with Crippen molar-refractivity contribution in [2.45, 2.75) is 44.2 Å². The molecule has 2 fully saturated rings. The van der Waals surface area contributed by atoms with Gasteiger partial charge in [0.05, 0.1) is 6.10 Å². The summed E-state index contributed by atoms with van der Waals surface area (Å²) in [5.74, 6) is -0.408. The van der Waals surface area contributed by atoms with Crippen LogP contribution in [-0.4, -0.2) is 35.0 Å². The minimum Gasteiger partial charge on any atom is -0.457 e. The summed E-state index contributed by atoms with van der Waals surface area (Å²) in [5.41, 5.74) is -1.01. The Hall–Kier alpha value is -0.610. The van der Waals surface area contributed by atoms with Gasteiger partial charge in [-0.1, -0.05) is 6.92 Å². The molecule has 2 aliphatic heterocycles. The molecular weight excluding hydrogens is 160 g/mol. The average molecular weight is 172 g/mol. The van der Waals surface area contributed by atoms with E-state index in [4.69, 9.17) is 9.47 Å². The molecule has 0 saturated carbocycles. The van der Waals surface area contributed by atoms with Crippen molar-refractivity contribution in [3.05, 3.63) is 0 Å². The number of cyclic esters (lactones) is 1. The number of aliphatic hydroxyl groups is 1. The maximum Gasteiger partial charge on any atom is 0.344 e. The Bertz CT molecular complexity index is 223. The molecule has 0 aromatic carbocycles. The molecule has 4 unspecified atom stereocenters. The van der Waals surface area contributed by atoms with Gasteiger partial charge in [-0.3, -0.25) is 0 Å². The number of carbonyl (C=O) groups is 1. The molecule has 1 N–H and O–H groups in total. The monoisotopic (exact) mass is 172 g/mol. The molecule has 68 valence electrons. The lowest BCUT2D eigenvalue weighted by molar-refractivity contribution is -0.157. The van der Waals surface area contributed by atoms with Gasteiger partial charge in [-0.25, -0.2) is 4.79 Å². The Balaban J connectivity index is 2.20. The molecule has 2 heterocycles. The number of hydrogen-bond donors (Lipinski definition) is 1. The Morgan fingerprint density at radius 3 is 2.75 bits per heavy atom. The SMILES string of the molecule is CCC(O)C12OC1C(C)OC2=O. The maximum absolute atomic E-state index is 11.2. The highest BCUT2D eigenvalue weighted by atomic mass is 16.7. The zero-order chi connectivity index (χ0) is 8.93. The first-order valence-electron chi connectivity index (χ1n) is 4.20. The van der Waals surface area contributed by atoms with Crippen LogP contribution in [0.3, 0.4) is 0 Å². The van der Waals surface area contributed by atoms with E-state index in [1.807, 2.05) is 6.92 Å². The summed E-state index contributed by atoms with van der Waals surface area (Å²) in [4.78, 5) is 11.2. The van der Waals surface area contributed by atoms with Gasteiger partial charge in [-0.15, -0.1) is 0 Å². The highest BCUT2D eigenvalue weighted by Crippen LogP contribution is 2.49. The second-order valence-electron chi connectivity index (χ2n) is 3.37. The molecule has 4 atom stereocenters. The summed E-state index contributed by atoms with van der Waals surface area (Å²) < 4.78 is 10.1. The van der Waals surface area contributed by atoms with Crippen molar-refractivity contribution >= 4 is 5.97 Å². The number of aliphatic hydroxyl groups excluding tert-OH is 1. The van der Waals surface area contributed by atoms with Gasteiger partial charge in [-0.05, 0) is 13.3 Å². The lowest BCUT2D eigenvalue weighted by Gasteiger charge is -2.12. The smallest absolute Gasteiger partial charge is 0.344 e. The van der Waals surface area contributed by atoms with Gasteiger partial charge >= 0.3 is 5.97 Å². The molecule has 0 spiro atoms. The zero-order valence-corrected chi connectivity index (χ0v) is 7.11. The summed E-state index contributed by atoms with van der Waals surface area (Å²) in [5, 5.41) is 9.52. The van der Waals surface area contributed by atoms with Crippen LogP contribution >= 0.6 is 0 Å². The van der Waals surface area contributed by atoms with E-state index in [1.54, 1.807) is 6.92 Å². The predicted molar refractivity (Wildman–Crippen MR) is 39.5 cm³/mol. The van der Waals surface area contributed by atoms with E-state index in [0.717, 1.165) is 0 Å². The van der Waals surface area contributed by atoms with Crippen molar-refractivity contribution in [2.75, 3.05) is 0 Å². The van der Waals surface area contributed by atoms with E-state index in [-0.39, 0.29) is 12.2 Å². The van der Waals surface area contributed by atoms with Crippen LogP contribution in [-0.2, 0) is 14.3 Å². The summed E-state index contributed by atoms with van der Waals surface area (Å²) in [7, 11) is 0. The number of esters is 1. The van der Waals surface area contributed by atoms with E-state index < -0.39 is 17.7 Å². The third kappa shape index (κ3) is 0.716. The first kappa shape index (κ1) is 8.01. The average Bonchev–Trinajstić information content (AvgIpc) is 2.73. The van der Waals surface area contributed by atoms with E-state index in [0.29, 0.717) is 6.42 Å². The van der Waals surface area contributed by atoms with E-state index >= 15 is 0 Å². The van der Waals surface area contributed by atoms with Gasteiger partial charge in [0.15, 0.2) is 0 Å². The van der Waals surface area contributed by atoms with Crippen LogP contribution in [0.2, 0.25) is 0 Å². The Labute approximate surface area is 70.5 Å². The van der Waals surface area contributed by atoms with Crippen molar-refractivity contribution in [3.63, 3.8) is 0 Å². The highest BCUT2D eigenvalue weighted by molar-refractivity contribution is 5.87. The molecule has 0 aromatic heterocycles. The van der Waals surface area contributed by atoms with E-state index in [9.17, 15) is 9.90 Å². The summed E-state index contributed by atoms with van der Waals surface area (Å²) in [6.07, 6.45) is -0.642. The van der Waals surface area contributed by atoms with Crippen LogP contribution in [0.5, 0.6) is 0 Å². The van der Waals surface area contributed by atoms with Crippen molar-refractivity contribution in [3.8, 4) is 0 Å². The molecule has 2 aliphatic rings. The molecular formula is C8H12O4. The number of carbonyl (C=O) groups excluding carboxylic acids is 1. The largest absolute Gasteiger partial charge is 0.457 e. The van der Waals surface area contributed by atoms with Crippen LogP contribution in [0.4, 0.5) is 0 Å². The standard InChI is InChI=1S/C8H12O4/c1-3-5(9)8-6(12-8)4(2)11-7(8)10/h4-6,9H,3H2,1-2H3. The molecule has 0 aromatic rings. The van der Waals surface area contributed by atoms with Crippen LogP contribution in [0, 0.1) is 0 Å². The lowest BCUT2D eigenvalue weighted by Crippen LogP contribution is -2.36. The van der Waals surface area contributed by atoms with Gasteiger partial charge in [0.1, 0.15) is 12.2 Å². The van der Waals surface area contributed by atoms with Gasteiger partial charge in [-0.2, -0.15) is 0 Å². The Morgan fingerprint density at radius 2 is 2.42 bits per heavy atom. The van der Waals surface area contributed by atoms with Gasteiger partial charge in [0.25, 0.3) is 0 Å². The van der Waals surface area contributed by atoms with Crippen molar-refractivity contribution < 1.29 is 19.4 Å². The van der Waals surface area contributed by atoms with Crippen LogP contribution in [0.25, 0.3) is 0 Å². The highest BCUT2D eigenvalue weighted by Gasteiger charge is 2.75. The van der Waals surface area contributed by atoms with Crippen LogP contribution < -0.4 is 0 Å². The fourth-order valence-electron chi connectivity index (χ4n) is 1.82. The molecule has 0 radical (unpaired) electrons. The molecule has 2 rings (SSSR count). The lowest BCUT2D eigenvalue weighted by atomic mass is 9.97. The third-order valence-electron chi connectivity index (χ3n) is 2.61. The van der Waals surface area contributed by atoms with Crippen molar-refractivity contribution in [1.29, 1.82) is 0 Å².